The molecule has 0 amide bonds. The first-order valence-electron chi connectivity index (χ1n) is 8.00. The molecule has 2 heterocycles. The van der Waals surface area contributed by atoms with Crippen LogP contribution in [0.1, 0.15) is 16.8 Å². The molecule has 0 fully saturated rings. The zero-order valence-electron chi connectivity index (χ0n) is 14.1. The van der Waals surface area contributed by atoms with Crippen molar-refractivity contribution in [3.8, 4) is 10.7 Å². The molecule has 0 aliphatic carbocycles. The highest BCUT2D eigenvalue weighted by atomic mass is 32.1. The molecule has 124 valence electrons. The second-order valence-electron chi connectivity index (χ2n) is 6.02. The van der Waals surface area contributed by atoms with Crippen molar-refractivity contribution >= 4 is 11.3 Å². The van der Waals surface area contributed by atoms with E-state index >= 15 is 0 Å². The summed E-state index contributed by atoms with van der Waals surface area (Å²) in [6.07, 6.45) is 1.80. The van der Waals surface area contributed by atoms with E-state index in [-0.39, 0.29) is 0 Å². The minimum atomic E-state index is 0.765. The van der Waals surface area contributed by atoms with Gasteiger partial charge in [-0.2, -0.15) is 0 Å². The number of hydrogen-bond donors (Lipinski definition) is 1. The summed E-state index contributed by atoms with van der Waals surface area (Å²) in [6, 6.07) is 14.6. The number of rotatable bonds is 7. The van der Waals surface area contributed by atoms with Gasteiger partial charge in [0.1, 0.15) is 5.01 Å². The maximum atomic E-state index is 4.66. The van der Waals surface area contributed by atoms with Gasteiger partial charge in [0.05, 0.1) is 11.4 Å². The standard InChI is InChI=1S/C19H22N4S/c1-23(2)13-16-7-5-6-15(10-16)11-20-12-17-14-24-19(22-17)18-8-3-4-9-21-18/h3-10,14,20H,11-13H2,1-2H3. The number of nitrogens with one attached hydrogen (secondary N) is 1. The largest absolute Gasteiger partial charge is 0.307 e. The first kappa shape index (κ1) is 16.8. The third kappa shape index (κ3) is 4.71. The van der Waals surface area contributed by atoms with Crippen LogP contribution in [0.15, 0.2) is 54.0 Å². The van der Waals surface area contributed by atoms with Crippen molar-refractivity contribution in [1.29, 1.82) is 0 Å². The predicted molar refractivity (Wildman–Crippen MR) is 99.7 cm³/mol. The summed E-state index contributed by atoms with van der Waals surface area (Å²) >= 11 is 1.64. The average Bonchev–Trinajstić information content (AvgIpc) is 3.04. The van der Waals surface area contributed by atoms with Crippen molar-refractivity contribution in [3.63, 3.8) is 0 Å². The molecular formula is C19H22N4S. The first-order valence-corrected chi connectivity index (χ1v) is 8.88. The molecule has 0 saturated heterocycles. The van der Waals surface area contributed by atoms with Crippen LogP contribution >= 0.6 is 11.3 Å². The molecule has 3 rings (SSSR count). The van der Waals surface area contributed by atoms with Crippen molar-refractivity contribution in [2.45, 2.75) is 19.6 Å². The van der Waals surface area contributed by atoms with E-state index in [0.717, 1.165) is 36.0 Å². The van der Waals surface area contributed by atoms with E-state index in [1.54, 1.807) is 17.5 Å². The summed E-state index contributed by atoms with van der Waals surface area (Å²) in [5.74, 6) is 0. The highest BCUT2D eigenvalue weighted by molar-refractivity contribution is 7.13. The Bertz CT molecular complexity index is 768. The SMILES string of the molecule is CN(C)Cc1cccc(CNCc2csc(-c3ccccn3)n2)c1. The molecule has 0 radical (unpaired) electrons. The first-order chi connectivity index (χ1) is 11.7. The molecular weight excluding hydrogens is 316 g/mol. The van der Waals surface area contributed by atoms with Crippen molar-refractivity contribution in [3.05, 3.63) is 70.9 Å². The van der Waals surface area contributed by atoms with Crippen LogP contribution in [-0.2, 0) is 19.6 Å². The van der Waals surface area contributed by atoms with Gasteiger partial charge in [0.2, 0.25) is 0 Å². The van der Waals surface area contributed by atoms with Crippen LogP contribution in [-0.4, -0.2) is 29.0 Å². The fourth-order valence-electron chi connectivity index (χ4n) is 2.53. The predicted octanol–water partition coefficient (Wildman–Crippen LogP) is 3.56. The molecule has 0 atom stereocenters. The van der Waals surface area contributed by atoms with Gasteiger partial charge in [-0.15, -0.1) is 11.3 Å². The Morgan fingerprint density at radius 3 is 2.71 bits per heavy atom. The van der Waals surface area contributed by atoms with E-state index in [1.165, 1.54) is 11.1 Å². The number of thiazole rings is 1. The molecule has 0 spiro atoms. The summed E-state index contributed by atoms with van der Waals surface area (Å²) < 4.78 is 0. The van der Waals surface area contributed by atoms with Gasteiger partial charge in [0.15, 0.2) is 0 Å². The molecule has 24 heavy (non-hydrogen) atoms. The Morgan fingerprint density at radius 1 is 1.04 bits per heavy atom. The van der Waals surface area contributed by atoms with Crippen LogP contribution < -0.4 is 5.32 Å². The lowest BCUT2D eigenvalue weighted by atomic mass is 10.1. The molecule has 2 aromatic heterocycles. The molecule has 0 saturated carbocycles. The summed E-state index contributed by atoms with van der Waals surface area (Å²) in [7, 11) is 4.18. The molecule has 5 heteroatoms. The van der Waals surface area contributed by atoms with Crippen LogP contribution in [0, 0.1) is 0 Å². The third-order valence-corrected chi connectivity index (χ3v) is 4.47. The summed E-state index contributed by atoms with van der Waals surface area (Å²) in [5, 5.41) is 6.54. The van der Waals surface area contributed by atoms with E-state index in [1.807, 2.05) is 18.2 Å². The van der Waals surface area contributed by atoms with E-state index in [0.29, 0.717) is 0 Å². The van der Waals surface area contributed by atoms with Gasteiger partial charge in [0.25, 0.3) is 0 Å². The van der Waals surface area contributed by atoms with E-state index in [9.17, 15) is 0 Å². The van der Waals surface area contributed by atoms with Gasteiger partial charge in [-0.25, -0.2) is 4.98 Å². The van der Waals surface area contributed by atoms with Gasteiger partial charge in [-0.1, -0.05) is 30.3 Å². The lowest BCUT2D eigenvalue weighted by molar-refractivity contribution is 0.402. The lowest BCUT2D eigenvalue weighted by Gasteiger charge is -2.11. The van der Waals surface area contributed by atoms with Crippen molar-refractivity contribution < 1.29 is 0 Å². The van der Waals surface area contributed by atoms with Crippen LogP contribution in [0.4, 0.5) is 0 Å². The summed E-state index contributed by atoms with van der Waals surface area (Å²) in [5.41, 5.74) is 4.63. The van der Waals surface area contributed by atoms with Crippen molar-refractivity contribution in [2.24, 2.45) is 0 Å². The molecule has 4 nitrogen and oxygen atoms in total. The quantitative estimate of drug-likeness (QED) is 0.715. The lowest BCUT2D eigenvalue weighted by Crippen LogP contribution is -2.14. The van der Waals surface area contributed by atoms with Crippen LogP contribution in [0.3, 0.4) is 0 Å². The summed E-state index contributed by atoms with van der Waals surface area (Å²) in [4.78, 5) is 11.2. The number of hydrogen-bond acceptors (Lipinski definition) is 5. The zero-order chi connectivity index (χ0) is 16.8. The Labute approximate surface area is 147 Å². The maximum Gasteiger partial charge on any atom is 0.142 e. The highest BCUT2D eigenvalue weighted by Crippen LogP contribution is 2.21. The van der Waals surface area contributed by atoms with Gasteiger partial charge >= 0.3 is 0 Å². The van der Waals surface area contributed by atoms with Crippen molar-refractivity contribution in [2.75, 3.05) is 14.1 Å². The highest BCUT2D eigenvalue weighted by Gasteiger charge is 2.05. The second kappa shape index (κ2) is 8.15. The minimum Gasteiger partial charge on any atom is -0.307 e. The normalized spacial score (nSPS) is 11.1. The fourth-order valence-corrected chi connectivity index (χ4v) is 3.33. The zero-order valence-corrected chi connectivity index (χ0v) is 14.9. The topological polar surface area (TPSA) is 41.0 Å². The molecule has 0 aliphatic heterocycles. The van der Waals surface area contributed by atoms with Crippen molar-refractivity contribution in [1.82, 2.24) is 20.2 Å². The summed E-state index contributed by atoms with van der Waals surface area (Å²) in [6.45, 7) is 2.58. The molecule has 3 aromatic rings. The molecule has 0 bridgehead atoms. The van der Waals surface area contributed by atoms with Gasteiger partial charge in [-0.3, -0.25) is 4.98 Å². The second-order valence-corrected chi connectivity index (χ2v) is 6.88. The molecule has 1 aromatic carbocycles. The monoisotopic (exact) mass is 338 g/mol. The number of aromatic nitrogens is 2. The Hall–Kier alpha value is -2.08. The molecule has 0 unspecified atom stereocenters. The van der Waals surface area contributed by atoms with Gasteiger partial charge in [-0.05, 0) is 37.4 Å². The maximum absolute atomic E-state index is 4.66. The van der Waals surface area contributed by atoms with Crippen LogP contribution in [0.2, 0.25) is 0 Å². The Kier molecular flexibility index (Phi) is 5.69. The Morgan fingerprint density at radius 2 is 1.92 bits per heavy atom. The van der Waals surface area contributed by atoms with Crippen LogP contribution in [0.5, 0.6) is 0 Å². The average molecular weight is 338 g/mol. The minimum absolute atomic E-state index is 0.765. The number of benzene rings is 1. The Balaban J connectivity index is 1.54. The van der Waals surface area contributed by atoms with Gasteiger partial charge in [0, 0.05) is 31.2 Å². The number of pyridine rings is 1. The van der Waals surface area contributed by atoms with E-state index in [2.05, 4.69) is 63.9 Å². The van der Waals surface area contributed by atoms with E-state index in [4.69, 9.17) is 0 Å². The van der Waals surface area contributed by atoms with Crippen LogP contribution in [0.25, 0.3) is 10.7 Å². The fraction of sp³-hybridized carbons (Fsp3) is 0.263. The smallest absolute Gasteiger partial charge is 0.142 e. The van der Waals surface area contributed by atoms with E-state index < -0.39 is 0 Å². The molecule has 1 N–H and O–H groups in total. The van der Waals surface area contributed by atoms with Gasteiger partial charge < -0.3 is 10.2 Å². The number of nitrogens with zero attached hydrogens (tertiary/aromatic N) is 3. The molecule has 0 aliphatic rings. The third-order valence-electron chi connectivity index (χ3n) is 3.56.